The lowest BCUT2D eigenvalue weighted by Crippen LogP contribution is -2.71. The van der Waals surface area contributed by atoms with Crippen LogP contribution in [0.3, 0.4) is 0 Å². The molecule has 0 radical (unpaired) electrons. The van der Waals surface area contributed by atoms with Gasteiger partial charge in [-0.2, -0.15) is 0 Å². The van der Waals surface area contributed by atoms with Gasteiger partial charge in [-0.05, 0) is 87.2 Å². The summed E-state index contributed by atoms with van der Waals surface area (Å²) in [4.78, 5) is 0. The molecule has 5 rings (SSSR count). The van der Waals surface area contributed by atoms with Crippen molar-refractivity contribution < 1.29 is 16.5 Å². The summed E-state index contributed by atoms with van der Waals surface area (Å²) >= 11 is 0. The molecule has 4 unspecified atom stereocenters. The van der Waals surface area contributed by atoms with Gasteiger partial charge in [-0.25, -0.2) is 0 Å². The quantitative estimate of drug-likeness (QED) is 0.263. The summed E-state index contributed by atoms with van der Waals surface area (Å²) in [6, 6.07) is 5.32. The third-order valence-corrected chi connectivity index (χ3v) is 80.5. The van der Waals surface area contributed by atoms with Crippen molar-refractivity contribution in [3.63, 3.8) is 0 Å². The molecule has 56 heavy (non-hydrogen) atoms. The van der Waals surface area contributed by atoms with Gasteiger partial charge in [0.25, 0.3) is 0 Å². The van der Waals surface area contributed by atoms with E-state index < -0.39 is 66.5 Å². The fraction of sp³-hybridized carbons (Fsp3) is 1.00. The largest absolute Gasteiger partial charge is 0.416 e. The molecule has 0 aromatic rings. The maximum atomic E-state index is 8.55. The Hall–Kier alpha value is 1.58. The summed E-state index contributed by atoms with van der Waals surface area (Å²) in [7, 11) is -19.1. The minimum atomic E-state index is -2.89. The first-order valence-electron chi connectivity index (χ1n) is 23.0. The summed E-state index contributed by atoms with van der Waals surface area (Å²) in [5.74, 6) is 0. The van der Waals surface area contributed by atoms with Crippen LogP contribution in [0.4, 0.5) is 0 Å². The highest BCUT2D eigenvalue weighted by Gasteiger charge is 2.86. The first-order chi connectivity index (χ1) is 24.2. The molecular weight excluding hydrogens is 817 g/mol. The van der Waals surface area contributed by atoms with Gasteiger partial charge >= 0.3 is 34.2 Å². The van der Waals surface area contributed by atoms with Gasteiger partial charge in [-0.1, -0.05) is 190 Å². The predicted molar refractivity (Wildman–Crippen MR) is 266 cm³/mol. The van der Waals surface area contributed by atoms with Crippen LogP contribution in [-0.2, 0) is 16.5 Å². The van der Waals surface area contributed by atoms with Crippen LogP contribution in [0.5, 0.6) is 0 Å². The highest BCUT2D eigenvalue weighted by atomic mass is 28.6. The van der Waals surface area contributed by atoms with Gasteiger partial charge in [0, 0.05) is 0 Å². The van der Waals surface area contributed by atoms with Crippen LogP contribution >= 0.6 is 0 Å². The Morgan fingerprint density at radius 2 is 0.357 bits per heavy atom. The second-order valence-electron chi connectivity index (χ2n) is 29.4. The molecule has 12 heteroatoms. The summed E-state index contributed by atoms with van der Waals surface area (Å²) < 4.78 is 34.2. The molecule has 0 N–H and O–H groups in total. The fourth-order valence-electron chi connectivity index (χ4n) is 17.0. The molecule has 4 atom stereocenters. The van der Waals surface area contributed by atoms with E-state index in [4.69, 9.17) is 16.5 Å². The highest BCUT2D eigenvalue weighted by Crippen LogP contribution is 2.81. The molecule has 5 aliphatic heterocycles. The average molecular weight is 914 g/mol. The van der Waals surface area contributed by atoms with Crippen LogP contribution in [0, 0.1) is 0 Å². The fourth-order valence-corrected chi connectivity index (χ4v) is 102. The van der Waals surface area contributed by atoms with Crippen molar-refractivity contribution in [2.75, 3.05) is 0 Å². The zero-order valence-electron chi connectivity index (χ0n) is 42.8. The van der Waals surface area contributed by atoms with E-state index in [0.717, 1.165) is 0 Å². The molecule has 0 saturated carbocycles. The van der Waals surface area contributed by atoms with Gasteiger partial charge in [0.05, 0.1) is 32.3 Å². The maximum Gasteiger partial charge on any atom is 0.317 e. The Labute approximate surface area is 358 Å². The van der Waals surface area contributed by atoms with Crippen molar-refractivity contribution in [1.82, 2.24) is 0 Å². The van der Waals surface area contributed by atoms with Crippen molar-refractivity contribution >= 4 is 66.5 Å². The Morgan fingerprint density at radius 1 is 0.250 bits per heavy atom. The molecular formula is C44H96O4Si8. The van der Waals surface area contributed by atoms with E-state index >= 15 is 0 Å². The second kappa shape index (κ2) is 12.6. The first kappa shape index (κ1) is 48.6. The molecule has 5 heterocycles. The summed E-state index contributed by atoms with van der Waals surface area (Å²) in [5, 5.41) is 4.38. The SMILES string of the molecule is CC(C)(C)[Si]1(C(C)(C)C)CC1[Si]1(C)O[Si](C)(C2C[Si]2(C(C)(C)C)C(C)(C)C)O[Si](C)(C2C[Si]2(C(C)(C)C)C(C)(C)C)O[Si](C)(C2C[Si]2(C(C)(C)C)C(C)(C)C)O1. The van der Waals surface area contributed by atoms with Crippen molar-refractivity contribution in [1.29, 1.82) is 0 Å². The average Bonchev–Trinajstić information content (AvgIpc) is 3.75. The monoisotopic (exact) mass is 913 g/mol. The van der Waals surface area contributed by atoms with Gasteiger partial charge in [0.15, 0.2) is 0 Å². The summed E-state index contributed by atoms with van der Waals surface area (Å²) in [6.45, 7) is 72.1. The van der Waals surface area contributed by atoms with Crippen LogP contribution < -0.4 is 0 Å². The van der Waals surface area contributed by atoms with E-state index in [9.17, 15) is 0 Å². The topological polar surface area (TPSA) is 36.9 Å². The number of hydrogen-bond donors (Lipinski definition) is 0. The molecule has 0 bridgehead atoms. The molecule has 0 amide bonds. The van der Waals surface area contributed by atoms with Gasteiger partial charge in [0.1, 0.15) is 0 Å². The van der Waals surface area contributed by atoms with Crippen molar-refractivity contribution in [3.8, 4) is 0 Å². The number of hydrogen-bond acceptors (Lipinski definition) is 4. The van der Waals surface area contributed by atoms with Gasteiger partial charge < -0.3 is 16.5 Å². The summed E-state index contributed by atoms with van der Waals surface area (Å²) in [5.41, 5.74) is 0. The Morgan fingerprint density at radius 3 is 0.429 bits per heavy atom. The highest BCUT2D eigenvalue weighted by molar-refractivity contribution is 7.18. The van der Waals surface area contributed by atoms with E-state index in [1.54, 1.807) is 0 Å². The Bertz CT molecular complexity index is 1260. The zero-order valence-corrected chi connectivity index (χ0v) is 50.8. The lowest BCUT2D eigenvalue weighted by Gasteiger charge is -2.55. The molecule has 5 aliphatic rings. The molecule has 5 saturated heterocycles. The number of rotatable bonds is 4. The predicted octanol–water partition coefficient (Wildman–Crippen LogP) is 16.2. The molecule has 0 aliphatic carbocycles. The van der Waals surface area contributed by atoms with Gasteiger partial charge in [0.2, 0.25) is 0 Å². The smallest absolute Gasteiger partial charge is 0.317 e. The molecule has 0 aromatic carbocycles. The van der Waals surface area contributed by atoms with E-state index in [1.165, 1.54) is 24.2 Å². The lowest BCUT2D eigenvalue weighted by molar-refractivity contribution is 0.222. The van der Waals surface area contributed by atoms with E-state index in [-0.39, 0.29) is 40.3 Å². The van der Waals surface area contributed by atoms with E-state index in [0.29, 0.717) is 20.7 Å². The lowest BCUT2D eigenvalue weighted by atomic mass is 10.2. The minimum Gasteiger partial charge on any atom is -0.416 e. The van der Waals surface area contributed by atoms with Crippen molar-refractivity contribution in [3.05, 3.63) is 0 Å². The molecule has 5 fully saturated rings. The molecule has 0 aromatic heterocycles. The summed E-state index contributed by atoms with van der Waals surface area (Å²) in [6.07, 6.45) is 0. The van der Waals surface area contributed by atoms with Crippen LogP contribution in [0.1, 0.15) is 166 Å². The standard InChI is InChI=1S/C44H96O4Si8/c1-37(2,3)53(38(4,5)6)29-33(53)49(25)45-50(26,34-30-54(34,39(7,8)9)40(10,11)12)47-52(28,36-32-56(36,43(19,20)21)44(22,23)24)48-51(27,46-49)35-31-55(35,41(13,14)15)42(16,17)18/h33-36H,29-32H2,1-28H3. The minimum absolute atomic E-state index is 0.268. The zero-order chi connectivity index (χ0) is 44.0. The van der Waals surface area contributed by atoms with Crippen molar-refractivity contribution in [2.24, 2.45) is 0 Å². The third kappa shape index (κ3) is 6.67. The molecule has 0 spiro atoms. The molecule has 4 nitrogen and oxygen atoms in total. The second-order valence-corrected chi connectivity index (χ2v) is 70.1. The van der Waals surface area contributed by atoms with E-state index in [2.05, 4.69) is 192 Å². The van der Waals surface area contributed by atoms with Crippen molar-refractivity contribution in [2.45, 2.75) is 277 Å². The third-order valence-electron chi connectivity index (χ3n) is 18.7. The van der Waals surface area contributed by atoms with E-state index in [1.807, 2.05) is 0 Å². The van der Waals surface area contributed by atoms with Gasteiger partial charge in [-0.15, -0.1) is 0 Å². The van der Waals surface area contributed by atoms with Gasteiger partial charge in [-0.3, -0.25) is 0 Å². The van der Waals surface area contributed by atoms with Crippen LogP contribution in [0.25, 0.3) is 0 Å². The maximum absolute atomic E-state index is 8.55. The normalized spacial score (nSPS) is 40.1. The molecule has 328 valence electrons. The van der Waals surface area contributed by atoms with Crippen LogP contribution in [0.2, 0.25) is 111 Å². The first-order valence-corrected chi connectivity index (χ1v) is 41.7. The Kier molecular flexibility index (Phi) is 11.0. The van der Waals surface area contributed by atoms with Crippen LogP contribution in [-0.4, -0.2) is 66.5 Å². The van der Waals surface area contributed by atoms with Crippen LogP contribution in [0.15, 0.2) is 0 Å². The Balaban J connectivity index is 1.81.